The lowest BCUT2D eigenvalue weighted by Gasteiger charge is -2.33. The summed E-state index contributed by atoms with van der Waals surface area (Å²) in [5, 5.41) is 3.06. The molecule has 2 amide bonds. The highest BCUT2D eigenvalue weighted by atomic mass is 16.2. The lowest BCUT2D eigenvalue weighted by molar-refractivity contribution is -0.133. The topological polar surface area (TPSA) is 75.4 Å². The van der Waals surface area contributed by atoms with E-state index in [1.807, 2.05) is 18.7 Å². The first-order chi connectivity index (χ1) is 9.97. The van der Waals surface area contributed by atoms with Crippen molar-refractivity contribution in [3.05, 3.63) is 0 Å². The molecule has 0 spiro atoms. The Morgan fingerprint density at radius 3 is 2.38 bits per heavy atom. The molecule has 3 N–H and O–H groups in total. The molecule has 1 saturated carbocycles. The lowest BCUT2D eigenvalue weighted by atomic mass is 9.98. The first-order valence-corrected chi connectivity index (χ1v) is 8.31. The first kappa shape index (κ1) is 16.3. The monoisotopic (exact) mass is 295 g/mol. The Balaban J connectivity index is 1.73. The summed E-state index contributed by atoms with van der Waals surface area (Å²) in [5.41, 5.74) is 6.04. The molecular formula is C16H29N3O2. The van der Waals surface area contributed by atoms with Crippen molar-refractivity contribution < 1.29 is 9.59 Å². The number of hydrogen-bond donors (Lipinski definition) is 2. The number of hydrogen-bond acceptors (Lipinski definition) is 3. The minimum Gasteiger partial charge on any atom is -0.353 e. The Morgan fingerprint density at radius 1 is 1.19 bits per heavy atom. The Kier molecular flexibility index (Phi) is 5.62. The molecule has 21 heavy (non-hydrogen) atoms. The van der Waals surface area contributed by atoms with Crippen LogP contribution in [0.5, 0.6) is 0 Å². The summed E-state index contributed by atoms with van der Waals surface area (Å²) in [4.78, 5) is 26.0. The van der Waals surface area contributed by atoms with Gasteiger partial charge in [0.15, 0.2) is 0 Å². The van der Waals surface area contributed by atoms with Crippen molar-refractivity contribution in [1.29, 1.82) is 0 Å². The maximum Gasteiger partial charge on any atom is 0.222 e. The summed E-state index contributed by atoms with van der Waals surface area (Å²) in [5.74, 6) is 0.743. The fraction of sp³-hybridized carbons (Fsp3) is 0.875. The molecule has 2 aliphatic rings. The van der Waals surface area contributed by atoms with Crippen molar-refractivity contribution in [2.24, 2.45) is 17.6 Å². The zero-order chi connectivity index (χ0) is 15.4. The van der Waals surface area contributed by atoms with E-state index in [4.69, 9.17) is 5.73 Å². The van der Waals surface area contributed by atoms with Crippen molar-refractivity contribution >= 4 is 11.8 Å². The summed E-state index contributed by atoms with van der Waals surface area (Å²) in [7, 11) is 0. The van der Waals surface area contributed by atoms with Crippen LogP contribution in [0.4, 0.5) is 0 Å². The van der Waals surface area contributed by atoms with Crippen LogP contribution in [0.15, 0.2) is 0 Å². The van der Waals surface area contributed by atoms with Crippen LogP contribution in [0.1, 0.15) is 52.4 Å². The van der Waals surface area contributed by atoms with Gasteiger partial charge in [-0.3, -0.25) is 9.59 Å². The lowest BCUT2D eigenvalue weighted by Crippen LogP contribution is -2.48. The molecule has 1 heterocycles. The molecule has 2 rings (SSSR count). The van der Waals surface area contributed by atoms with E-state index < -0.39 is 0 Å². The predicted octanol–water partition coefficient (Wildman–Crippen LogP) is 1.27. The fourth-order valence-electron chi connectivity index (χ4n) is 3.31. The molecule has 0 aromatic heterocycles. The number of nitrogens with two attached hydrogens (primary N) is 1. The van der Waals surface area contributed by atoms with Gasteiger partial charge in [-0.05, 0) is 31.6 Å². The smallest absolute Gasteiger partial charge is 0.222 e. The van der Waals surface area contributed by atoms with Gasteiger partial charge in [0.1, 0.15) is 0 Å². The van der Waals surface area contributed by atoms with E-state index in [1.54, 1.807) is 0 Å². The van der Waals surface area contributed by atoms with E-state index in [9.17, 15) is 9.59 Å². The number of carbonyl (C=O) groups is 2. The average molecular weight is 295 g/mol. The summed E-state index contributed by atoms with van der Waals surface area (Å²) >= 11 is 0. The second-order valence-corrected chi connectivity index (χ2v) is 6.88. The molecule has 1 saturated heterocycles. The summed E-state index contributed by atoms with van der Waals surface area (Å²) in [6, 6.07) is 0.425. The second kappa shape index (κ2) is 7.25. The molecule has 5 nitrogen and oxygen atoms in total. The summed E-state index contributed by atoms with van der Waals surface area (Å²) in [6.07, 6.45) is 5.63. The molecule has 5 heteroatoms. The maximum absolute atomic E-state index is 12.3. The van der Waals surface area contributed by atoms with Crippen LogP contribution in [0.3, 0.4) is 0 Å². The highest BCUT2D eigenvalue weighted by molar-refractivity contribution is 5.78. The Morgan fingerprint density at radius 2 is 1.86 bits per heavy atom. The number of carbonyl (C=O) groups excluding carboxylic acids is 2. The van der Waals surface area contributed by atoms with Crippen molar-refractivity contribution in [1.82, 2.24) is 10.2 Å². The SMILES string of the molecule is CC(C)C(=O)NC1CCN(C(=O)C[C@@H]2CCC[C@H]2N)CC1. The number of nitrogens with zero attached hydrogens (tertiary/aromatic N) is 1. The van der Waals surface area contributed by atoms with Gasteiger partial charge in [0.25, 0.3) is 0 Å². The first-order valence-electron chi connectivity index (χ1n) is 8.31. The quantitative estimate of drug-likeness (QED) is 0.820. The molecule has 0 aromatic carbocycles. The predicted molar refractivity (Wildman–Crippen MR) is 82.5 cm³/mol. The van der Waals surface area contributed by atoms with E-state index in [0.717, 1.165) is 45.2 Å². The zero-order valence-electron chi connectivity index (χ0n) is 13.3. The van der Waals surface area contributed by atoms with E-state index in [0.29, 0.717) is 12.3 Å². The van der Waals surface area contributed by atoms with Crippen LogP contribution >= 0.6 is 0 Å². The van der Waals surface area contributed by atoms with Crippen LogP contribution in [-0.2, 0) is 9.59 Å². The minimum absolute atomic E-state index is 0.0218. The van der Waals surface area contributed by atoms with Gasteiger partial charge in [-0.2, -0.15) is 0 Å². The van der Waals surface area contributed by atoms with Crippen molar-refractivity contribution in [3.63, 3.8) is 0 Å². The largest absolute Gasteiger partial charge is 0.353 e. The second-order valence-electron chi connectivity index (χ2n) is 6.88. The van der Waals surface area contributed by atoms with Gasteiger partial charge in [0, 0.05) is 37.5 Å². The Hall–Kier alpha value is -1.10. The molecule has 120 valence electrons. The Bertz CT molecular complexity index is 376. The van der Waals surface area contributed by atoms with E-state index in [2.05, 4.69) is 5.32 Å². The third-order valence-corrected chi connectivity index (χ3v) is 4.87. The molecule has 1 aliphatic heterocycles. The molecule has 0 radical (unpaired) electrons. The molecule has 0 bridgehead atoms. The van der Waals surface area contributed by atoms with Crippen LogP contribution in [0, 0.1) is 11.8 Å². The van der Waals surface area contributed by atoms with E-state index in [1.165, 1.54) is 0 Å². The third-order valence-electron chi connectivity index (χ3n) is 4.87. The molecule has 1 aliphatic carbocycles. The number of amides is 2. The Labute approximate surface area is 127 Å². The highest BCUT2D eigenvalue weighted by Gasteiger charge is 2.30. The highest BCUT2D eigenvalue weighted by Crippen LogP contribution is 2.27. The zero-order valence-corrected chi connectivity index (χ0v) is 13.3. The summed E-state index contributed by atoms with van der Waals surface area (Å²) in [6.45, 7) is 5.31. The van der Waals surface area contributed by atoms with Gasteiger partial charge < -0.3 is 16.0 Å². The third kappa shape index (κ3) is 4.43. The van der Waals surface area contributed by atoms with Crippen LogP contribution < -0.4 is 11.1 Å². The van der Waals surface area contributed by atoms with Crippen LogP contribution in [0.2, 0.25) is 0 Å². The van der Waals surface area contributed by atoms with Crippen molar-refractivity contribution in [2.75, 3.05) is 13.1 Å². The number of likely N-dealkylation sites (tertiary alicyclic amines) is 1. The van der Waals surface area contributed by atoms with E-state index in [-0.39, 0.29) is 29.8 Å². The number of rotatable bonds is 4. The van der Waals surface area contributed by atoms with Crippen LogP contribution in [0.25, 0.3) is 0 Å². The van der Waals surface area contributed by atoms with Gasteiger partial charge >= 0.3 is 0 Å². The van der Waals surface area contributed by atoms with Crippen molar-refractivity contribution in [2.45, 2.75) is 64.5 Å². The average Bonchev–Trinajstić information content (AvgIpc) is 2.85. The molecule has 0 aromatic rings. The van der Waals surface area contributed by atoms with Gasteiger partial charge in [0.2, 0.25) is 11.8 Å². The molecule has 2 atom stereocenters. The number of piperidine rings is 1. The maximum atomic E-state index is 12.3. The minimum atomic E-state index is 0.0218. The van der Waals surface area contributed by atoms with Gasteiger partial charge in [-0.15, -0.1) is 0 Å². The standard InChI is InChI=1S/C16H29N3O2/c1-11(2)16(21)18-13-6-8-19(9-7-13)15(20)10-12-4-3-5-14(12)17/h11-14H,3-10,17H2,1-2H3,(H,18,21)/t12-,14+/m0/s1. The van der Waals surface area contributed by atoms with Gasteiger partial charge in [-0.1, -0.05) is 20.3 Å². The van der Waals surface area contributed by atoms with Crippen molar-refractivity contribution in [3.8, 4) is 0 Å². The molecule has 0 unspecified atom stereocenters. The molecule has 2 fully saturated rings. The van der Waals surface area contributed by atoms with E-state index >= 15 is 0 Å². The normalized spacial score (nSPS) is 27.1. The number of nitrogens with one attached hydrogen (secondary N) is 1. The molecular weight excluding hydrogens is 266 g/mol. The van der Waals surface area contributed by atoms with Crippen LogP contribution in [-0.4, -0.2) is 41.9 Å². The van der Waals surface area contributed by atoms with Gasteiger partial charge in [0.05, 0.1) is 0 Å². The summed E-state index contributed by atoms with van der Waals surface area (Å²) < 4.78 is 0. The fourth-order valence-corrected chi connectivity index (χ4v) is 3.31. The van der Waals surface area contributed by atoms with Gasteiger partial charge in [-0.25, -0.2) is 0 Å².